The highest BCUT2D eigenvalue weighted by molar-refractivity contribution is 5.69. The first kappa shape index (κ1) is 7.34. The van der Waals surface area contributed by atoms with E-state index in [0.717, 1.165) is 6.54 Å². The summed E-state index contributed by atoms with van der Waals surface area (Å²) in [5.74, 6) is 0. The van der Waals surface area contributed by atoms with Gasteiger partial charge in [-0.3, -0.25) is 0 Å². The van der Waals surface area contributed by atoms with Gasteiger partial charge < -0.3 is 15.0 Å². The summed E-state index contributed by atoms with van der Waals surface area (Å²) < 4.78 is 4.78. The van der Waals surface area contributed by atoms with Crippen molar-refractivity contribution in [1.29, 1.82) is 0 Å². The van der Waals surface area contributed by atoms with E-state index >= 15 is 0 Å². The zero-order valence-corrected chi connectivity index (χ0v) is 6.26. The maximum Gasteiger partial charge on any atom is 0.409 e. The molecule has 0 saturated carbocycles. The molecule has 58 valence electrons. The smallest absolute Gasteiger partial charge is 0.409 e. The van der Waals surface area contributed by atoms with Crippen LogP contribution in [0, 0.1) is 0 Å². The summed E-state index contributed by atoms with van der Waals surface area (Å²) in [6.07, 6.45) is -0.222. The molecule has 1 N–H and O–H groups in total. The fourth-order valence-electron chi connectivity index (χ4n) is 0.962. The third-order valence-electron chi connectivity index (χ3n) is 1.67. The first-order valence-electron chi connectivity index (χ1n) is 3.30. The second-order valence-corrected chi connectivity index (χ2v) is 2.40. The molecule has 1 amide bonds. The van der Waals surface area contributed by atoms with E-state index in [1.54, 1.807) is 11.9 Å². The SMILES string of the molecule is CNCC1COC(=O)N1C. The van der Waals surface area contributed by atoms with Crippen molar-refractivity contribution in [2.75, 3.05) is 27.2 Å². The number of nitrogens with one attached hydrogen (secondary N) is 1. The number of cyclic esters (lactones) is 1. The summed E-state index contributed by atoms with van der Waals surface area (Å²) in [5.41, 5.74) is 0. The summed E-state index contributed by atoms with van der Waals surface area (Å²) in [5, 5.41) is 2.99. The van der Waals surface area contributed by atoms with E-state index in [9.17, 15) is 4.79 Å². The lowest BCUT2D eigenvalue weighted by Gasteiger charge is -2.14. The maximum absolute atomic E-state index is 10.7. The number of amides is 1. The standard InChI is InChI=1S/C6H12N2O2/c1-7-3-5-4-10-6(9)8(5)2/h5,7H,3-4H2,1-2H3. The monoisotopic (exact) mass is 144 g/mol. The number of ether oxygens (including phenoxy) is 1. The summed E-state index contributed by atoms with van der Waals surface area (Å²) in [4.78, 5) is 12.3. The predicted octanol–water partition coefficient (Wildman–Crippen LogP) is -0.344. The van der Waals surface area contributed by atoms with Crippen molar-refractivity contribution >= 4 is 6.09 Å². The van der Waals surface area contributed by atoms with Crippen LogP contribution in [0.2, 0.25) is 0 Å². The molecule has 0 bridgehead atoms. The van der Waals surface area contributed by atoms with Crippen LogP contribution in [0.1, 0.15) is 0 Å². The topological polar surface area (TPSA) is 41.6 Å². The van der Waals surface area contributed by atoms with Crippen LogP contribution in [-0.2, 0) is 4.74 Å². The highest BCUT2D eigenvalue weighted by Crippen LogP contribution is 2.07. The minimum Gasteiger partial charge on any atom is -0.447 e. The van der Waals surface area contributed by atoms with Crippen LogP contribution < -0.4 is 5.32 Å². The fourth-order valence-corrected chi connectivity index (χ4v) is 0.962. The third kappa shape index (κ3) is 1.21. The highest BCUT2D eigenvalue weighted by atomic mass is 16.6. The molecule has 1 fully saturated rings. The highest BCUT2D eigenvalue weighted by Gasteiger charge is 2.28. The van der Waals surface area contributed by atoms with Gasteiger partial charge in [0.1, 0.15) is 6.61 Å². The van der Waals surface area contributed by atoms with Crippen molar-refractivity contribution in [3.8, 4) is 0 Å². The summed E-state index contributed by atoms with van der Waals surface area (Å²) >= 11 is 0. The quantitative estimate of drug-likeness (QED) is 0.576. The fraction of sp³-hybridized carbons (Fsp3) is 0.833. The third-order valence-corrected chi connectivity index (χ3v) is 1.67. The second-order valence-electron chi connectivity index (χ2n) is 2.40. The van der Waals surface area contributed by atoms with Gasteiger partial charge in [0.15, 0.2) is 0 Å². The van der Waals surface area contributed by atoms with Crippen molar-refractivity contribution < 1.29 is 9.53 Å². The molecule has 0 aromatic rings. The number of nitrogens with zero attached hydrogens (tertiary/aromatic N) is 1. The number of likely N-dealkylation sites (N-methyl/N-ethyl adjacent to an activating group) is 2. The molecule has 1 unspecified atom stereocenters. The molecular formula is C6H12N2O2. The van der Waals surface area contributed by atoms with Gasteiger partial charge in [0.05, 0.1) is 6.04 Å². The minimum atomic E-state index is -0.222. The molecule has 1 heterocycles. The van der Waals surface area contributed by atoms with Gasteiger partial charge in [-0.15, -0.1) is 0 Å². The van der Waals surface area contributed by atoms with Crippen molar-refractivity contribution in [2.24, 2.45) is 0 Å². The van der Waals surface area contributed by atoms with Gasteiger partial charge in [-0.1, -0.05) is 0 Å². The second kappa shape index (κ2) is 2.88. The van der Waals surface area contributed by atoms with Gasteiger partial charge in [0, 0.05) is 13.6 Å². The van der Waals surface area contributed by atoms with Gasteiger partial charge in [0.25, 0.3) is 0 Å². The summed E-state index contributed by atoms with van der Waals surface area (Å²) in [6, 6.07) is 0.206. The average Bonchev–Trinajstić information content (AvgIpc) is 2.20. The van der Waals surface area contributed by atoms with E-state index in [4.69, 9.17) is 4.74 Å². The van der Waals surface area contributed by atoms with E-state index in [-0.39, 0.29) is 12.1 Å². The van der Waals surface area contributed by atoms with Gasteiger partial charge in [-0.05, 0) is 7.05 Å². The number of rotatable bonds is 2. The average molecular weight is 144 g/mol. The van der Waals surface area contributed by atoms with Gasteiger partial charge in [0.2, 0.25) is 0 Å². The van der Waals surface area contributed by atoms with Crippen LogP contribution in [0.3, 0.4) is 0 Å². The molecule has 10 heavy (non-hydrogen) atoms. The molecule has 0 aromatic carbocycles. The molecular weight excluding hydrogens is 132 g/mol. The van der Waals surface area contributed by atoms with E-state index < -0.39 is 0 Å². The lowest BCUT2D eigenvalue weighted by Crippen LogP contribution is -2.36. The maximum atomic E-state index is 10.7. The number of hydrogen-bond acceptors (Lipinski definition) is 3. The Kier molecular flexibility index (Phi) is 2.11. The van der Waals surface area contributed by atoms with E-state index in [2.05, 4.69) is 5.32 Å². The Morgan fingerprint density at radius 1 is 1.90 bits per heavy atom. The molecule has 4 heteroatoms. The zero-order chi connectivity index (χ0) is 7.56. The minimum absolute atomic E-state index is 0.206. The molecule has 1 aliphatic heterocycles. The van der Waals surface area contributed by atoms with Crippen LogP contribution in [0.15, 0.2) is 0 Å². The first-order chi connectivity index (χ1) is 4.75. The molecule has 0 aliphatic carbocycles. The molecule has 1 atom stereocenters. The lowest BCUT2D eigenvalue weighted by atomic mass is 10.3. The molecule has 0 spiro atoms. The summed E-state index contributed by atoms with van der Waals surface area (Å²) in [6.45, 7) is 1.30. The first-order valence-corrected chi connectivity index (χ1v) is 3.30. The van der Waals surface area contributed by atoms with Gasteiger partial charge in [-0.2, -0.15) is 0 Å². The van der Waals surface area contributed by atoms with Gasteiger partial charge in [-0.25, -0.2) is 4.79 Å². The van der Waals surface area contributed by atoms with Crippen LogP contribution in [0.25, 0.3) is 0 Å². The largest absolute Gasteiger partial charge is 0.447 e. The molecule has 0 radical (unpaired) electrons. The van der Waals surface area contributed by atoms with E-state index in [0.29, 0.717) is 6.61 Å². The van der Waals surface area contributed by atoms with Crippen LogP contribution in [0.4, 0.5) is 4.79 Å². The molecule has 1 aliphatic rings. The molecule has 0 aromatic heterocycles. The Labute approximate surface area is 60.1 Å². The molecule has 1 rings (SSSR count). The number of hydrogen-bond donors (Lipinski definition) is 1. The Hall–Kier alpha value is -0.770. The number of carbonyl (C=O) groups is 1. The van der Waals surface area contributed by atoms with Crippen LogP contribution in [0.5, 0.6) is 0 Å². The Bertz CT molecular complexity index is 138. The lowest BCUT2D eigenvalue weighted by molar-refractivity contribution is 0.163. The molecule has 4 nitrogen and oxygen atoms in total. The van der Waals surface area contributed by atoms with Crippen molar-refractivity contribution in [1.82, 2.24) is 10.2 Å². The Morgan fingerprint density at radius 2 is 2.60 bits per heavy atom. The predicted molar refractivity (Wildman–Crippen MR) is 36.8 cm³/mol. The Balaban J connectivity index is 2.41. The van der Waals surface area contributed by atoms with E-state index in [1.165, 1.54) is 0 Å². The van der Waals surface area contributed by atoms with Crippen molar-refractivity contribution in [2.45, 2.75) is 6.04 Å². The Morgan fingerprint density at radius 3 is 3.00 bits per heavy atom. The van der Waals surface area contributed by atoms with Gasteiger partial charge >= 0.3 is 6.09 Å². The summed E-state index contributed by atoms with van der Waals surface area (Å²) in [7, 11) is 3.61. The van der Waals surface area contributed by atoms with E-state index in [1.807, 2.05) is 7.05 Å². The number of carbonyl (C=O) groups excluding carboxylic acids is 1. The van der Waals surface area contributed by atoms with Crippen LogP contribution in [-0.4, -0.2) is 44.3 Å². The van der Waals surface area contributed by atoms with Crippen molar-refractivity contribution in [3.63, 3.8) is 0 Å². The molecule has 1 saturated heterocycles. The van der Waals surface area contributed by atoms with Crippen molar-refractivity contribution in [3.05, 3.63) is 0 Å². The normalized spacial score (nSPS) is 25.2. The zero-order valence-electron chi connectivity index (χ0n) is 6.26. The van der Waals surface area contributed by atoms with Crippen LogP contribution >= 0.6 is 0 Å².